The zero-order valence-corrected chi connectivity index (χ0v) is 12.6. The average molecular weight is 296 g/mol. The molecular formula is C13H20N4O2S. The maximum Gasteiger partial charge on any atom is 0.273 e. The number of likely N-dealkylation sites (tertiary alicyclic amines) is 1. The van der Waals surface area contributed by atoms with Crippen LogP contribution in [0.15, 0.2) is 5.38 Å². The van der Waals surface area contributed by atoms with Gasteiger partial charge in [-0.05, 0) is 19.8 Å². The Bertz CT molecular complexity index is 500. The van der Waals surface area contributed by atoms with E-state index in [1.165, 1.54) is 18.3 Å². The molecule has 1 fully saturated rings. The van der Waals surface area contributed by atoms with E-state index < -0.39 is 0 Å². The molecular weight excluding hydrogens is 276 g/mol. The van der Waals surface area contributed by atoms with E-state index in [1.807, 2.05) is 6.92 Å². The van der Waals surface area contributed by atoms with Gasteiger partial charge in [0.25, 0.3) is 5.91 Å². The van der Waals surface area contributed by atoms with Gasteiger partial charge in [-0.2, -0.15) is 0 Å². The molecule has 0 aromatic carbocycles. The quantitative estimate of drug-likeness (QED) is 0.867. The number of nitrogens with two attached hydrogens (primary N) is 1. The van der Waals surface area contributed by atoms with Crippen LogP contribution in [0.3, 0.4) is 0 Å². The number of aromatic nitrogens is 1. The zero-order valence-electron chi connectivity index (χ0n) is 11.8. The van der Waals surface area contributed by atoms with Crippen molar-refractivity contribution in [2.75, 3.05) is 13.1 Å². The van der Waals surface area contributed by atoms with E-state index in [1.54, 1.807) is 10.3 Å². The predicted octanol–water partition coefficient (Wildman–Crippen LogP) is 0.904. The number of nitrogens with zero attached hydrogens (tertiary/aromatic N) is 2. The number of carbonyl (C=O) groups excluding carboxylic acids is 2. The molecule has 2 heterocycles. The first-order valence-electron chi connectivity index (χ1n) is 6.74. The summed E-state index contributed by atoms with van der Waals surface area (Å²) in [7, 11) is 0. The fraction of sp³-hybridized carbons (Fsp3) is 0.615. The molecule has 0 bridgehead atoms. The molecule has 0 radical (unpaired) electrons. The Morgan fingerprint density at radius 1 is 1.60 bits per heavy atom. The molecule has 1 aliphatic rings. The second kappa shape index (κ2) is 6.32. The molecule has 2 rings (SSSR count). The largest absolute Gasteiger partial charge is 0.352 e. The summed E-state index contributed by atoms with van der Waals surface area (Å²) in [5.41, 5.74) is 6.21. The number of piperidine rings is 1. The number of hydrogen-bond donors (Lipinski definition) is 2. The van der Waals surface area contributed by atoms with E-state index in [2.05, 4.69) is 10.3 Å². The van der Waals surface area contributed by atoms with Gasteiger partial charge in [0.05, 0.1) is 6.04 Å². The predicted molar refractivity (Wildman–Crippen MR) is 77.5 cm³/mol. The number of hydrogen-bond acceptors (Lipinski definition) is 5. The van der Waals surface area contributed by atoms with Crippen molar-refractivity contribution in [3.63, 3.8) is 0 Å². The Labute approximate surface area is 122 Å². The second-order valence-electron chi connectivity index (χ2n) is 5.15. The number of rotatable bonds is 3. The highest BCUT2D eigenvalue weighted by Crippen LogP contribution is 2.19. The summed E-state index contributed by atoms with van der Waals surface area (Å²) in [4.78, 5) is 29.5. The minimum absolute atomic E-state index is 0.0386. The average Bonchev–Trinajstić information content (AvgIpc) is 2.87. The minimum atomic E-state index is -0.157. The van der Waals surface area contributed by atoms with Crippen LogP contribution in [-0.4, -0.2) is 40.8 Å². The minimum Gasteiger partial charge on any atom is -0.352 e. The molecule has 1 aromatic heterocycles. The Morgan fingerprint density at radius 3 is 2.95 bits per heavy atom. The lowest BCUT2D eigenvalue weighted by atomic mass is 10.1. The topological polar surface area (TPSA) is 88.3 Å². The normalized spacial score (nSPS) is 20.6. The van der Waals surface area contributed by atoms with Crippen LogP contribution >= 0.6 is 11.3 Å². The van der Waals surface area contributed by atoms with Crippen LogP contribution < -0.4 is 11.1 Å². The van der Waals surface area contributed by atoms with Gasteiger partial charge in [-0.3, -0.25) is 9.59 Å². The zero-order chi connectivity index (χ0) is 14.7. The summed E-state index contributed by atoms with van der Waals surface area (Å²) < 4.78 is 0. The third-order valence-electron chi connectivity index (χ3n) is 3.25. The molecule has 1 saturated heterocycles. The molecule has 7 heteroatoms. The van der Waals surface area contributed by atoms with Gasteiger partial charge < -0.3 is 16.0 Å². The first-order valence-corrected chi connectivity index (χ1v) is 7.62. The van der Waals surface area contributed by atoms with Crippen molar-refractivity contribution in [3.05, 3.63) is 16.1 Å². The van der Waals surface area contributed by atoms with E-state index >= 15 is 0 Å². The molecule has 2 atom stereocenters. The molecule has 0 saturated carbocycles. The third-order valence-corrected chi connectivity index (χ3v) is 4.29. The van der Waals surface area contributed by atoms with Crippen molar-refractivity contribution in [1.29, 1.82) is 0 Å². The molecule has 0 aliphatic carbocycles. The molecule has 20 heavy (non-hydrogen) atoms. The first-order chi connectivity index (χ1) is 9.47. The van der Waals surface area contributed by atoms with Gasteiger partial charge in [0.1, 0.15) is 10.7 Å². The molecule has 110 valence electrons. The van der Waals surface area contributed by atoms with Crippen molar-refractivity contribution in [1.82, 2.24) is 15.2 Å². The van der Waals surface area contributed by atoms with Crippen LogP contribution in [0.2, 0.25) is 0 Å². The van der Waals surface area contributed by atoms with Crippen molar-refractivity contribution >= 4 is 23.2 Å². The highest BCUT2D eigenvalue weighted by Gasteiger charge is 2.26. The van der Waals surface area contributed by atoms with E-state index in [4.69, 9.17) is 5.73 Å². The van der Waals surface area contributed by atoms with Crippen molar-refractivity contribution in [3.8, 4) is 0 Å². The standard InChI is InChI=1S/C13H20N4O2S/c1-8(14)12-16-11(7-20-12)13(19)17-5-3-4-10(6-17)15-9(2)18/h7-8,10H,3-6,14H2,1-2H3,(H,15,18). The fourth-order valence-corrected chi connectivity index (χ4v) is 3.08. The maximum atomic E-state index is 12.4. The molecule has 1 aromatic rings. The van der Waals surface area contributed by atoms with Gasteiger partial charge in [0.2, 0.25) is 5.91 Å². The van der Waals surface area contributed by atoms with Crippen LogP contribution in [-0.2, 0) is 4.79 Å². The summed E-state index contributed by atoms with van der Waals surface area (Å²) in [5.74, 6) is -0.139. The van der Waals surface area contributed by atoms with Gasteiger partial charge >= 0.3 is 0 Å². The molecule has 2 amide bonds. The van der Waals surface area contributed by atoms with Gasteiger partial charge in [-0.1, -0.05) is 0 Å². The molecule has 2 unspecified atom stereocenters. The number of nitrogens with one attached hydrogen (secondary N) is 1. The summed E-state index contributed by atoms with van der Waals surface area (Å²) in [6, 6.07) is -0.119. The van der Waals surface area contributed by atoms with E-state index in [-0.39, 0.29) is 23.9 Å². The third kappa shape index (κ3) is 3.55. The highest BCUT2D eigenvalue weighted by molar-refractivity contribution is 7.09. The summed E-state index contributed by atoms with van der Waals surface area (Å²) >= 11 is 1.41. The van der Waals surface area contributed by atoms with Gasteiger partial charge in [-0.15, -0.1) is 11.3 Å². The maximum absolute atomic E-state index is 12.4. The van der Waals surface area contributed by atoms with E-state index in [0.29, 0.717) is 18.8 Å². The first kappa shape index (κ1) is 14.9. The van der Waals surface area contributed by atoms with Crippen molar-refractivity contribution in [2.45, 2.75) is 38.8 Å². The smallest absolute Gasteiger partial charge is 0.273 e. The summed E-state index contributed by atoms with van der Waals surface area (Å²) in [5, 5.41) is 5.39. The van der Waals surface area contributed by atoms with E-state index in [0.717, 1.165) is 17.8 Å². The van der Waals surface area contributed by atoms with Crippen LogP contribution in [0.25, 0.3) is 0 Å². The lowest BCUT2D eigenvalue weighted by Gasteiger charge is -2.32. The Hall–Kier alpha value is -1.47. The highest BCUT2D eigenvalue weighted by atomic mass is 32.1. The Balaban J connectivity index is 2.02. The lowest BCUT2D eigenvalue weighted by Crippen LogP contribution is -2.49. The lowest BCUT2D eigenvalue weighted by molar-refractivity contribution is -0.120. The van der Waals surface area contributed by atoms with Crippen LogP contribution in [0.4, 0.5) is 0 Å². The van der Waals surface area contributed by atoms with Crippen LogP contribution in [0.1, 0.15) is 48.2 Å². The second-order valence-corrected chi connectivity index (χ2v) is 6.04. The van der Waals surface area contributed by atoms with E-state index in [9.17, 15) is 9.59 Å². The summed E-state index contributed by atoms with van der Waals surface area (Å²) in [6.07, 6.45) is 1.80. The molecule has 3 N–H and O–H groups in total. The van der Waals surface area contributed by atoms with Crippen molar-refractivity contribution in [2.24, 2.45) is 5.73 Å². The molecule has 1 aliphatic heterocycles. The fourth-order valence-electron chi connectivity index (χ4n) is 2.32. The van der Waals surface area contributed by atoms with Gasteiger partial charge in [0, 0.05) is 31.4 Å². The Kier molecular flexibility index (Phi) is 4.72. The van der Waals surface area contributed by atoms with Gasteiger partial charge in [0.15, 0.2) is 0 Å². The Morgan fingerprint density at radius 2 is 2.35 bits per heavy atom. The number of thiazole rings is 1. The van der Waals surface area contributed by atoms with Crippen LogP contribution in [0.5, 0.6) is 0 Å². The van der Waals surface area contributed by atoms with Crippen molar-refractivity contribution < 1.29 is 9.59 Å². The monoisotopic (exact) mass is 296 g/mol. The molecule has 6 nitrogen and oxygen atoms in total. The number of amides is 2. The SMILES string of the molecule is CC(=O)NC1CCCN(C(=O)c2csc(C(C)N)n2)C1. The van der Waals surface area contributed by atoms with Crippen LogP contribution in [0, 0.1) is 0 Å². The number of carbonyl (C=O) groups is 2. The summed E-state index contributed by atoms with van der Waals surface area (Å²) in [6.45, 7) is 4.60. The molecule has 0 spiro atoms. The van der Waals surface area contributed by atoms with Gasteiger partial charge in [-0.25, -0.2) is 4.98 Å².